The fraction of sp³-hybridized carbons (Fsp3) is 0.417. The standard InChI is InChI=1S/C12H14N2O2S2/c1-7-5-17-9(13-7)4-10-14-8(6-18-10)12(2,3)11(15)16/h5-6H,4H2,1-3H3,(H,15,16). The fourth-order valence-electron chi connectivity index (χ4n) is 1.40. The van der Waals surface area contributed by atoms with Crippen molar-refractivity contribution in [2.75, 3.05) is 0 Å². The minimum Gasteiger partial charge on any atom is -0.481 e. The highest BCUT2D eigenvalue weighted by Gasteiger charge is 2.32. The van der Waals surface area contributed by atoms with Gasteiger partial charge in [0.05, 0.1) is 22.1 Å². The molecule has 0 atom stereocenters. The fourth-order valence-corrected chi connectivity index (χ4v) is 3.24. The molecule has 4 nitrogen and oxygen atoms in total. The summed E-state index contributed by atoms with van der Waals surface area (Å²) in [5.74, 6) is -0.857. The third kappa shape index (κ3) is 2.59. The maximum Gasteiger partial charge on any atom is 0.315 e. The number of rotatable bonds is 4. The van der Waals surface area contributed by atoms with E-state index in [1.807, 2.05) is 17.7 Å². The summed E-state index contributed by atoms with van der Waals surface area (Å²) in [6.45, 7) is 5.30. The van der Waals surface area contributed by atoms with Crippen molar-refractivity contribution in [2.24, 2.45) is 0 Å². The van der Waals surface area contributed by atoms with Gasteiger partial charge < -0.3 is 5.11 Å². The highest BCUT2D eigenvalue weighted by molar-refractivity contribution is 7.11. The normalized spacial score (nSPS) is 11.7. The molecule has 2 aromatic rings. The van der Waals surface area contributed by atoms with Crippen molar-refractivity contribution in [3.05, 3.63) is 32.2 Å². The molecule has 0 aromatic carbocycles. The van der Waals surface area contributed by atoms with E-state index in [1.165, 1.54) is 11.3 Å². The van der Waals surface area contributed by atoms with Gasteiger partial charge in [-0.1, -0.05) is 0 Å². The van der Waals surface area contributed by atoms with Gasteiger partial charge in [0.1, 0.15) is 5.41 Å². The highest BCUT2D eigenvalue weighted by Crippen LogP contribution is 2.26. The molecule has 0 spiro atoms. The van der Waals surface area contributed by atoms with Crippen LogP contribution in [0.5, 0.6) is 0 Å². The molecule has 0 bridgehead atoms. The highest BCUT2D eigenvalue weighted by atomic mass is 32.1. The summed E-state index contributed by atoms with van der Waals surface area (Å²) >= 11 is 3.10. The maximum absolute atomic E-state index is 11.1. The third-order valence-electron chi connectivity index (χ3n) is 2.70. The van der Waals surface area contributed by atoms with Crippen LogP contribution in [0.15, 0.2) is 10.8 Å². The van der Waals surface area contributed by atoms with Crippen molar-refractivity contribution in [1.82, 2.24) is 9.97 Å². The van der Waals surface area contributed by atoms with Crippen LogP contribution < -0.4 is 0 Å². The Morgan fingerprint density at radius 1 is 1.28 bits per heavy atom. The molecular formula is C12H14N2O2S2. The van der Waals surface area contributed by atoms with Crippen LogP contribution in [-0.4, -0.2) is 21.0 Å². The minimum atomic E-state index is -0.937. The first kappa shape index (κ1) is 13.2. The molecule has 6 heteroatoms. The molecule has 0 saturated heterocycles. The minimum absolute atomic E-state index is 0.614. The quantitative estimate of drug-likeness (QED) is 0.936. The molecule has 1 N–H and O–H groups in total. The molecule has 2 aromatic heterocycles. The van der Waals surface area contributed by atoms with Gasteiger partial charge in [0.25, 0.3) is 0 Å². The molecule has 96 valence electrons. The van der Waals surface area contributed by atoms with Gasteiger partial charge in [-0.3, -0.25) is 4.79 Å². The number of thiazole rings is 2. The smallest absolute Gasteiger partial charge is 0.315 e. The SMILES string of the molecule is Cc1csc(Cc2nc(C(C)(C)C(=O)O)cs2)n1. The zero-order chi connectivity index (χ0) is 13.3. The molecule has 0 amide bonds. The monoisotopic (exact) mass is 282 g/mol. The molecule has 0 aliphatic rings. The van der Waals surface area contributed by atoms with Gasteiger partial charge >= 0.3 is 5.97 Å². The Morgan fingerprint density at radius 2 is 1.89 bits per heavy atom. The van der Waals surface area contributed by atoms with Crippen molar-refractivity contribution >= 4 is 28.6 Å². The summed E-state index contributed by atoms with van der Waals surface area (Å²) in [5, 5.41) is 14.9. The molecule has 2 heterocycles. The first-order chi connectivity index (χ1) is 8.39. The van der Waals surface area contributed by atoms with Gasteiger partial charge in [0.2, 0.25) is 0 Å². The Bertz CT molecular complexity index is 572. The lowest BCUT2D eigenvalue weighted by atomic mass is 9.90. The second-order valence-corrected chi connectivity index (χ2v) is 6.50. The van der Waals surface area contributed by atoms with E-state index in [1.54, 1.807) is 25.2 Å². The predicted octanol–water partition coefficient (Wildman–Crippen LogP) is 2.86. The van der Waals surface area contributed by atoms with Crippen LogP contribution in [0.1, 0.15) is 35.3 Å². The second-order valence-electron chi connectivity index (χ2n) is 4.62. The zero-order valence-corrected chi connectivity index (χ0v) is 12.1. The Morgan fingerprint density at radius 3 is 2.44 bits per heavy atom. The van der Waals surface area contributed by atoms with E-state index < -0.39 is 11.4 Å². The summed E-state index contributed by atoms with van der Waals surface area (Å²) in [7, 11) is 0. The molecule has 2 rings (SSSR count). The van der Waals surface area contributed by atoms with Crippen LogP contribution in [-0.2, 0) is 16.6 Å². The Labute approximate surface area is 113 Å². The summed E-state index contributed by atoms with van der Waals surface area (Å²) in [6, 6.07) is 0. The van der Waals surface area contributed by atoms with Crippen molar-refractivity contribution in [3.8, 4) is 0 Å². The van der Waals surface area contributed by atoms with Crippen LogP contribution in [0.2, 0.25) is 0 Å². The van der Waals surface area contributed by atoms with E-state index in [0.717, 1.165) is 15.7 Å². The molecule has 0 unspecified atom stereocenters. The summed E-state index contributed by atoms with van der Waals surface area (Å²) in [4.78, 5) is 19.9. The number of carboxylic acid groups (broad SMARTS) is 1. The second kappa shape index (κ2) is 4.78. The number of aliphatic carboxylic acids is 1. The Hall–Kier alpha value is -1.27. The topological polar surface area (TPSA) is 63.1 Å². The number of hydrogen-bond donors (Lipinski definition) is 1. The van der Waals surface area contributed by atoms with E-state index in [4.69, 9.17) is 5.11 Å². The van der Waals surface area contributed by atoms with E-state index in [2.05, 4.69) is 9.97 Å². The van der Waals surface area contributed by atoms with Gasteiger partial charge in [-0.05, 0) is 20.8 Å². The van der Waals surface area contributed by atoms with Crippen LogP contribution in [0, 0.1) is 6.92 Å². The summed E-state index contributed by atoms with van der Waals surface area (Å²) in [6.07, 6.45) is 0.679. The van der Waals surface area contributed by atoms with Crippen LogP contribution in [0.25, 0.3) is 0 Å². The molecule has 0 fully saturated rings. The molecule has 0 saturated carbocycles. The molecule has 0 aliphatic carbocycles. The summed E-state index contributed by atoms with van der Waals surface area (Å²) < 4.78 is 0. The van der Waals surface area contributed by atoms with Crippen molar-refractivity contribution in [3.63, 3.8) is 0 Å². The van der Waals surface area contributed by atoms with Crippen LogP contribution in [0.3, 0.4) is 0 Å². The zero-order valence-electron chi connectivity index (χ0n) is 10.4. The Kier molecular flexibility index (Phi) is 3.49. The Balaban J connectivity index is 2.18. The van der Waals surface area contributed by atoms with Gasteiger partial charge in [0.15, 0.2) is 0 Å². The average Bonchev–Trinajstić information content (AvgIpc) is 2.88. The van der Waals surface area contributed by atoms with E-state index in [9.17, 15) is 4.79 Å². The van der Waals surface area contributed by atoms with Crippen molar-refractivity contribution < 1.29 is 9.90 Å². The average molecular weight is 282 g/mol. The molecule has 18 heavy (non-hydrogen) atoms. The number of aromatic nitrogens is 2. The van der Waals surface area contributed by atoms with Crippen molar-refractivity contribution in [2.45, 2.75) is 32.6 Å². The lowest BCUT2D eigenvalue weighted by Gasteiger charge is -2.15. The largest absolute Gasteiger partial charge is 0.481 e. The first-order valence-electron chi connectivity index (χ1n) is 5.49. The number of carboxylic acids is 1. The maximum atomic E-state index is 11.1. The summed E-state index contributed by atoms with van der Waals surface area (Å²) in [5.41, 5.74) is 0.689. The van der Waals surface area contributed by atoms with Gasteiger partial charge in [-0.25, -0.2) is 9.97 Å². The predicted molar refractivity (Wildman–Crippen MR) is 72.4 cm³/mol. The van der Waals surface area contributed by atoms with E-state index >= 15 is 0 Å². The number of carbonyl (C=O) groups is 1. The molecule has 0 radical (unpaired) electrons. The lowest BCUT2D eigenvalue weighted by molar-refractivity contribution is -0.142. The van der Waals surface area contributed by atoms with Gasteiger partial charge in [-0.2, -0.15) is 0 Å². The van der Waals surface area contributed by atoms with Crippen LogP contribution in [0.4, 0.5) is 0 Å². The van der Waals surface area contributed by atoms with Crippen molar-refractivity contribution in [1.29, 1.82) is 0 Å². The van der Waals surface area contributed by atoms with Gasteiger partial charge in [0, 0.05) is 16.5 Å². The molecule has 0 aliphatic heterocycles. The first-order valence-corrected chi connectivity index (χ1v) is 7.25. The number of nitrogens with zero attached hydrogens (tertiary/aromatic N) is 2. The number of aryl methyl sites for hydroxylation is 1. The van der Waals surface area contributed by atoms with E-state index in [0.29, 0.717) is 12.1 Å². The van der Waals surface area contributed by atoms with Gasteiger partial charge in [-0.15, -0.1) is 22.7 Å². The lowest BCUT2D eigenvalue weighted by Crippen LogP contribution is -2.28. The molecular weight excluding hydrogens is 268 g/mol. The van der Waals surface area contributed by atoms with E-state index in [-0.39, 0.29) is 0 Å². The number of hydrogen-bond acceptors (Lipinski definition) is 5. The van der Waals surface area contributed by atoms with Crippen LogP contribution >= 0.6 is 22.7 Å². The third-order valence-corrected chi connectivity index (χ3v) is 4.51.